The van der Waals surface area contributed by atoms with Gasteiger partial charge in [0.15, 0.2) is 0 Å². The zero-order chi connectivity index (χ0) is 14.3. The van der Waals surface area contributed by atoms with E-state index in [1.54, 1.807) is 7.11 Å². The first-order valence-corrected chi connectivity index (χ1v) is 9.50. The highest BCUT2D eigenvalue weighted by molar-refractivity contribution is 14.1. The van der Waals surface area contributed by atoms with E-state index in [4.69, 9.17) is 4.74 Å². The molecule has 104 valence electrons. The Morgan fingerprint density at radius 3 is 2.30 bits per heavy atom. The lowest BCUT2D eigenvalue weighted by molar-refractivity contribution is 0.412. The lowest BCUT2D eigenvalue weighted by atomic mass is 10.1. The summed E-state index contributed by atoms with van der Waals surface area (Å²) in [7, 11) is 1.74. The lowest BCUT2D eigenvalue weighted by Gasteiger charge is -2.04. The van der Waals surface area contributed by atoms with Gasteiger partial charge in [0, 0.05) is 19.0 Å². The van der Waals surface area contributed by atoms with Crippen LogP contribution in [-0.2, 0) is 6.42 Å². The third-order valence-corrected chi connectivity index (χ3v) is 7.76. The average Bonchev–Trinajstić information content (AvgIpc) is 2.83. The van der Waals surface area contributed by atoms with Crippen molar-refractivity contribution in [3.05, 3.63) is 37.0 Å². The van der Waals surface area contributed by atoms with Gasteiger partial charge in [-0.2, -0.15) is 0 Å². The highest BCUT2D eigenvalue weighted by Crippen LogP contribution is 2.42. The van der Waals surface area contributed by atoms with Gasteiger partial charge in [0.25, 0.3) is 0 Å². The van der Waals surface area contributed by atoms with Crippen molar-refractivity contribution in [1.82, 2.24) is 0 Å². The first kappa shape index (κ1) is 14.8. The molecule has 0 aliphatic carbocycles. The van der Waals surface area contributed by atoms with Crippen LogP contribution in [0, 0.1) is 7.14 Å². The minimum absolute atomic E-state index is 0.966. The van der Waals surface area contributed by atoms with Crippen LogP contribution in [0.5, 0.6) is 5.75 Å². The fourth-order valence-electron chi connectivity index (χ4n) is 2.48. The molecule has 0 N–H and O–H groups in total. The first-order valence-electron chi connectivity index (χ1n) is 6.53. The number of thiophene rings is 1. The molecule has 1 aromatic heterocycles. The molecule has 0 bridgehead atoms. The predicted octanol–water partition coefficient (Wildman–Crippen LogP) is 6.22. The van der Waals surface area contributed by atoms with E-state index in [1.807, 2.05) is 11.3 Å². The third-order valence-electron chi connectivity index (χ3n) is 3.47. The second-order valence-corrected chi connectivity index (χ2v) is 7.90. The van der Waals surface area contributed by atoms with Gasteiger partial charge in [-0.25, -0.2) is 0 Å². The molecule has 0 aliphatic heterocycles. The molecule has 3 rings (SSSR count). The second kappa shape index (κ2) is 5.96. The molecular formula is C16H14I2OS. The van der Waals surface area contributed by atoms with Crippen molar-refractivity contribution in [2.24, 2.45) is 0 Å². The number of aryl methyl sites for hydroxylation is 1. The molecule has 0 saturated carbocycles. The standard InChI is InChI=1S/C16H14I2OS/c1-3-4-9-5-6-10-11-7-8-12(19-2)14(18)16(11)20-15(10)13(9)17/h5-8H,3-4H2,1-2H3. The summed E-state index contributed by atoms with van der Waals surface area (Å²) in [6.07, 6.45) is 2.35. The summed E-state index contributed by atoms with van der Waals surface area (Å²) >= 11 is 6.79. The molecular weight excluding hydrogens is 494 g/mol. The summed E-state index contributed by atoms with van der Waals surface area (Å²) in [4.78, 5) is 0. The normalized spacial score (nSPS) is 11.4. The highest BCUT2D eigenvalue weighted by Gasteiger charge is 2.14. The number of benzene rings is 2. The Labute approximate surface area is 150 Å². The zero-order valence-corrected chi connectivity index (χ0v) is 16.4. The molecule has 0 fully saturated rings. The van der Waals surface area contributed by atoms with Gasteiger partial charge >= 0.3 is 0 Å². The van der Waals surface area contributed by atoms with E-state index < -0.39 is 0 Å². The smallest absolute Gasteiger partial charge is 0.133 e. The summed E-state index contributed by atoms with van der Waals surface area (Å²) in [5.74, 6) is 0.966. The average molecular weight is 508 g/mol. The van der Waals surface area contributed by atoms with Crippen molar-refractivity contribution in [1.29, 1.82) is 0 Å². The number of methoxy groups -OCH3 is 1. The predicted molar refractivity (Wildman–Crippen MR) is 105 cm³/mol. The molecule has 0 amide bonds. The second-order valence-electron chi connectivity index (χ2n) is 4.73. The lowest BCUT2D eigenvalue weighted by Crippen LogP contribution is -1.87. The van der Waals surface area contributed by atoms with Crippen LogP contribution in [0.25, 0.3) is 20.2 Å². The van der Waals surface area contributed by atoms with Crippen molar-refractivity contribution >= 4 is 76.7 Å². The molecule has 0 atom stereocenters. The van der Waals surface area contributed by atoms with Gasteiger partial charge in [0.2, 0.25) is 0 Å². The van der Waals surface area contributed by atoms with Crippen LogP contribution in [0.4, 0.5) is 0 Å². The van der Waals surface area contributed by atoms with Crippen LogP contribution in [-0.4, -0.2) is 7.11 Å². The van der Waals surface area contributed by atoms with E-state index in [1.165, 1.54) is 39.3 Å². The number of halogens is 2. The molecule has 2 aromatic carbocycles. The minimum atomic E-state index is 0.966. The molecule has 3 aromatic rings. The van der Waals surface area contributed by atoms with Crippen LogP contribution in [0.3, 0.4) is 0 Å². The van der Waals surface area contributed by atoms with E-state index in [2.05, 4.69) is 76.4 Å². The quantitative estimate of drug-likeness (QED) is 0.382. The Bertz CT molecular complexity index is 792. The van der Waals surface area contributed by atoms with Gasteiger partial charge in [-0.05, 0) is 69.3 Å². The largest absolute Gasteiger partial charge is 0.496 e. The van der Waals surface area contributed by atoms with Crippen molar-refractivity contribution in [3.8, 4) is 5.75 Å². The summed E-state index contributed by atoms with van der Waals surface area (Å²) in [5.41, 5.74) is 1.47. The number of hydrogen-bond acceptors (Lipinski definition) is 2. The maximum Gasteiger partial charge on any atom is 0.133 e. The molecule has 1 nitrogen and oxygen atoms in total. The first-order chi connectivity index (χ1) is 9.67. The van der Waals surface area contributed by atoms with Crippen molar-refractivity contribution in [2.75, 3.05) is 7.11 Å². The Balaban J connectivity index is 2.35. The molecule has 20 heavy (non-hydrogen) atoms. The third kappa shape index (κ3) is 2.33. The molecule has 0 radical (unpaired) electrons. The Hall–Kier alpha value is -0.0800. The Morgan fingerprint density at radius 2 is 1.65 bits per heavy atom. The van der Waals surface area contributed by atoms with Gasteiger partial charge in [0.1, 0.15) is 5.75 Å². The number of rotatable bonds is 3. The van der Waals surface area contributed by atoms with Gasteiger partial charge < -0.3 is 4.74 Å². The number of ether oxygens (including phenoxy) is 1. The summed E-state index contributed by atoms with van der Waals surface area (Å²) in [5, 5.41) is 2.71. The molecule has 0 spiro atoms. The highest BCUT2D eigenvalue weighted by atomic mass is 127. The Morgan fingerprint density at radius 1 is 1.00 bits per heavy atom. The fraction of sp³-hybridized carbons (Fsp3) is 0.250. The maximum absolute atomic E-state index is 5.44. The molecule has 0 saturated heterocycles. The van der Waals surface area contributed by atoms with E-state index >= 15 is 0 Å². The van der Waals surface area contributed by atoms with E-state index in [-0.39, 0.29) is 0 Å². The topological polar surface area (TPSA) is 9.23 Å². The van der Waals surface area contributed by atoms with Gasteiger partial charge in [-0.3, -0.25) is 0 Å². The molecule has 0 aliphatic rings. The van der Waals surface area contributed by atoms with E-state index in [0.29, 0.717) is 0 Å². The van der Waals surface area contributed by atoms with Gasteiger partial charge in [0.05, 0.1) is 15.4 Å². The van der Waals surface area contributed by atoms with Crippen molar-refractivity contribution in [3.63, 3.8) is 0 Å². The van der Waals surface area contributed by atoms with Crippen molar-refractivity contribution in [2.45, 2.75) is 19.8 Å². The summed E-state index contributed by atoms with van der Waals surface area (Å²) < 4.78 is 10.8. The fourth-order valence-corrected chi connectivity index (χ4v) is 5.76. The molecule has 0 unspecified atom stereocenters. The van der Waals surface area contributed by atoms with E-state index in [0.717, 1.165) is 12.2 Å². The van der Waals surface area contributed by atoms with Crippen LogP contribution in [0.2, 0.25) is 0 Å². The monoisotopic (exact) mass is 508 g/mol. The van der Waals surface area contributed by atoms with Crippen LogP contribution < -0.4 is 4.74 Å². The van der Waals surface area contributed by atoms with Crippen LogP contribution in [0.1, 0.15) is 18.9 Å². The van der Waals surface area contributed by atoms with Gasteiger partial charge in [-0.15, -0.1) is 11.3 Å². The SMILES string of the molecule is CCCc1ccc2c(sc3c(I)c(OC)ccc32)c1I. The minimum Gasteiger partial charge on any atom is -0.496 e. The maximum atomic E-state index is 5.44. The van der Waals surface area contributed by atoms with Crippen LogP contribution in [0.15, 0.2) is 24.3 Å². The Kier molecular flexibility index (Phi) is 4.42. The number of fused-ring (bicyclic) bond motifs is 3. The summed E-state index contributed by atoms with van der Waals surface area (Å²) in [6.45, 7) is 2.24. The van der Waals surface area contributed by atoms with Crippen LogP contribution >= 0.6 is 56.5 Å². The summed E-state index contributed by atoms with van der Waals surface area (Å²) in [6, 6.07) is 8.83. The molecule has 4 heteroatoms. The number of hydrogen-bond donors (Lipinski definition) is 0. The van der Waals surface area contributed by atoms with Gasteiger partial charge in [-0.1, -0.05) is 25.5 Å². The molecule has 1 heterocycles. The van der Waals surface area contributed by atoms with Crippen molar-refractivity contribution < 1.29 is 4.74 Å². The van der Waals surface area contributed by atoms with E-state index in [9.17, 15) is 0 Å². The zero-order valence-electron chi connectivity index (χ0n) is 11.3.